The van der Waals surface area contributed by atoms with Crippen molar-refractivity contribution in [2.24, 2.45) is 0 Å². The average molecular weight is 755 g/mol. The third-order valence-electron chi connectivity index (χ3n) is 9.00. The Morgan fingerprint density at radius 3 is 1.02 bits per heavy atom. The first-order chi connectivity index (χ1) is 26.1. The highest BCUT2D eigenvalue weighted by Gasteiger charge is 2.22. The van der Waals surface area contributed by atoms with Gasteiger partial charge in [-0.1, -0.05) is 60.7 Å². The lowest BCUT2D eigenvalue weighted by atomic mass is 9.92. The van der Waals surface area contributed by atoms with Crippen molar-refractivity contribution in [2.45, 2.75) is 19.6 Å². The Balaban J connectivity index is 1.20. The van der Waals surface area contributed by atoms with Crippen LogP contribution in [0.15, 0.2) is 189 Å². The third-order valence-corrected chi connectivity index (χ3v) is 12.6. The molecule has 0 aliphatic carbocycles. The van der Waals surface area contributed by atoms with Gasteiger partial charge < -0.3 is 9.47 Å². The second kappa shape index (κ2) is 13.9. The van der Waals surface area contributed by atoms with E-state index in [-0.39, 0.29) is 19.6 Å². The quantitative estimate of drug-likeness (QED) is 0.136. The van der Waals surface area contributed by atoms with E-state index in [0.29, 0.717) is 23.0 Å². The molecule has 0 saturated carbocycles. The van der Waals surface area contributed by atoms with Gasteiger partial charge in [-0.05, 0) is 131 Å². The lowest BCUT2D eigenvalue weighted by molar-refractivity contribution is 0.478. The predicted molar refractivity (Wildman–Crippen MR) is 204 cm³/mol. The third kappa shape index (κ3) is 6.57. The van der Waals surface area contributed by atoms with Gasteiger partial charge in [-0.3, -0.25) is 0 Å². The number of benzene rings is 8. The summed E-state index contributed by atoms with van der Waals surface area (Å²) in [4.78, 5) is 0.00635. The largest absolute Gasteiger partial charge is 0.457 e. The molecule has 10 heteroatoms. The molecule has 0 radical (unpaired) electrons. The summed E-state index contributed by atoms with van der Waals surface area (Å²) in [7, 11) is -7.80. The van der Waals surface area contributed by atoms with E-state index in [4.69, 9.17) is 9.47 Å². The van der Waals surface area contributed by atoms with Crippen LogP contribution in [0.2, 0.25) is 0 Å². The molecule has 0 aliphatic heterocycles. The first kappa shape index (κ1) is 34.7. The van der Waals surface area contributed by atoms with Gasteiger partial charge in [0, 0.05) is 11.1 Å². The van der Waals surface area contributed by atoms with Gasteiger partial charge in [0.25, 0.3) is 0 Å². The fourth-order valence-electron chi connectivity index (χ4n) is 6.32. The molecule has 6 nitrogen and oxygen atoms in total. The number of halogens is 2. The summed E-state index contributed by atoms with van der Waals surface area (Å²) >= 11 is 0. The van der Waals surface area contributed by atoms with Crippen LogP contribution in [-0.4, -0.2) is 16.8 Å². The van der Waals surface area contributed by atoms with Crippen LogP contribution in [0.5, 0.6) is 23.0 Å². The van der Waals surface area contributed by atoms with Crippen LogP contribution >= 0.6 is 0 Å². The molecule has 0 heterocycles. The number of ether oxygens (including phenoxy) is 2. The summed E-state index contributed by atoms with van der Waals surface area (Å²) in [5.74, 6) is 0.649. The highest BCUT2D eigenvalue weighted by Crippen LogP contribution is 2.47. The van der Waals surface area contributed by atoms with E-state index in [1.807, 2.05) is 72.8 Å². The number of rotatable bonds is 9. The predicted octanol–water partition coefficient (Wildman–Crippen LogP) is 11.2. The fraction of sp³-hybridized carbons (Fsp3) is 0. The fourth-order valence-corrected chi connectivity index (χ4v) is 8.84. The van der Waals surface area contributed by atoms with E-state index in [1.54, 1.807) is 24.3 Å². The maximum absolute atomic E-state index is 13.5. The van der Waals surface area contributed by atoms with Crippen molar-refractivity contribution in [1.29, 1.82) is 0 Å². The van der Waals surface area contributed by atoms with Gasteiger partial charge >= 0.3 is 0 Å². The summed E-state index contributed by atoms with van der Waals surface area (Å²) in [6, 6.07) is 44.6. The Hall–Kier alpha value is -6.36. The average Bonchev–Trinajstić information content (AvgIpc) is 3.19. The molecule has 0 amide bonds. The minimum atomic E-state index is -3.90. The zero-order valence-corrected chi connectivity index (χ0v) is 29.8. The minimum Gasteiger partial charge on any atom is -0.457 e. The van der Waals surface area contributed by atoms with Crippen molar-refractivity contribution in [1.82, 2.24) is 0 Å². The summed E-state index contributed by atoms with van der Waals surface area (Å²) in [6.45, 7) is 0. The second-order valence-electron chi connectivity index (χ2n) is 12.4. The van der Waals surface area contributed by atoms with E-state index in [9.17, 15) is 25.6 Å². The summed E-state index contributed by atoms with van der Waals surface area (Å²) < 4.78 is 93.0. The zero-order valence-electron chi connectivity index (χ0n) is 28.2. The van der Waals surface area contributed by atoms with E-state index in [1.165, 1.54) is 48.5 Å². The van der Waals surface area contributed by atoms with Crippen LogP contribution in [0, 0.1) is 11.6 Å². The van der Waals surface area contributed by atoms with Gasteiger partial charge in [-0.2, -0.15) is 0 Å². The van der Waals surface area contributed by atoms with Gasteiger partial charge in [0.1, 0.15) is 34.6 Å². The van der Waals surface area contributed by atoms with Gasteiger partial charge in [0.05, 0.1) is 19.6 Å². The smallest absolute Gasteiger partial charge is 0.206 e. The molecule has 8 rings (SSSR count). The van der Waals surface area contributed by atoms with Crippen molar-refractivity contribution in [2.75, 3.05) is 0 Å². The molecule has 54 heavy (non-hydrogen) atoms. The molecule has 0 spiro atoms. The molecule has 266 valence electrons. The summed E-state index contributed by atoms with van der Waals surface area (Å²) in [5, 5.41) is 3.62. The maximum Gasteiger partial charge on any atom is 0.206 e. The minimum absolute atomic E-state index is 0.0259. The Kier molecular flexibility index (Phi) is 8.93. The van der Waals surface area contributed by atoms with E-state index in [2.05, 4.69) is 0 Å². The van der Waals surface area contributed by atoms with Crippen molar-refractivity contribution < 1.29 is 35.1 Å². The number of hydrogen-bond donors (Lipinski definition) is 0. The Labute approximate surface area is 310 Å². The van der Waals surface area contributed by atoms with Crippen molar-refractivity contribution in [3.8, 4) is 34.1 Å². The molecule has 8 aromatic carbocycles. The molecule has 0 unspecified atom stereocenters. The molecule has 0 bridgehead atoms. The van der Waals surface area contributed by atoms with Crippen LogP contribution in [0.3, 0.4) is 0 Å². The van der Waals surface area contributed by atoms with Gasteiger partial charge in [0.2, 0.25) is 19.7 Å². The molecule has 0 aliphatic rings. The number of fused-ring (bicyclic) bond motifs is 2. The lowest BCUT2D eigenvalue weighted by Gasteiger charge is -2.20. The maximum atomic E-state index is 13.5. The molecule has 0 fully saturated rings. The second-order valence-corrected chi connectivity index (χ2v) is 16.3. The van der Waals surface area contributed by atoms with Crippen LogP contribution < -0.4 is 9.47 Å². The van der Waals surface area contributed by atoms with Crippen LogP contribution in [0.25, 0.3) is 32.7 Å². The van der Waals surface area contributed by atoms with Crippen LogP contribution in [0.4, 0.5) is 8.78 Å². The molecule has 0 aromatic heterocycles. The first-order valence-corrected chi connectivity index (χ1v) is 19.7. The van der Waals surface area contributed by atoms with E-state index >= 15 is 0 Å². The van der Waals surface area contributed by atoms with Gasteiger partial charge in [-0.25, -0.2) is 25.6 Å². The first-order valence-electron chi connectivity index (χ1n) is 16.7. The number of sulfone groups is 2. The highest BCUT2D eigenvalue weighted by molar-refractivity contribution is 7.91. The van der Waals surface area contributed by atoms with Crippen LogP contribution in [0.1, 0.15) is 0 Å². The molecular weight excluding hydrogens is 727 g/mol. The standard InChI is InChI=1S/C44H28F2O6S2/c45-31-11-19-35(20-12-31)53(47,48)37-23-15-33(16-24-37)51-41-27-9-29-5-1-3-7-39(29)43(41)44-40-8-4-2-6-30(40)10-28-42(44)52-34-17-25-38(26-18-34)54(49,50)36-21-13-32(46)14-22-36/h1-28H. The summed E-state index contributed by atoms with van der Waals surface area (Å²) in [6.07, 6.45) is 0. The molecule has 0 atom stereocenters. The number of hydrogen-bond acceptors (Lipinski definition) is 6. The van der Waals surface area contributed by atoms with Crippen molar-refractivity contribution in [3.05, 3.63) is 181 Å². The molecule has 0 N–H and O–H groups in total. The molecular formula is C44H28F2O6S2. The Bertz CT molecular complexity index is 2690. The summed E-state index contributed by atoms with van der Waals surface area (Å²) in [5.41, 5.74) is 1.44. The Morgan fingerprint density at radius 2 is 0.667 bits per heavy atom. The van der Waals surface area contributed by atoms with E-state index in [0.717, 1.165) is 56.9 Å². The molecule has 8 aromatic rings. The van der Waals surface area contributed by atoms with Crippen molar-refractivity contribution in [3.63, 3.8) is 0 Å². The highest BCUT2D eigenvalue weighted by atomic mass is 32.2. The molecule has 0 saturated heterocycles. The topological polar surface area (TPSA) is 86.7 Å². The van der Waals surface area contributed by atoms with Crippen LogP contribution in [-0.2, 0) is 19.7 Å². The van der Waals surface area contributed by atoms with Gasteiger partial charge in [0.15, 0.2) is 0 Å². The lowest BCUT2D eigenvalue weighted by Crippen LogP contribution is -2.02. The van der Waals surface area contributed by atoms with Crippen molar-refractivity contribution >= 4 is 41.2 Å². The SMILES string of the molecule is O=S(=O)(c1ccc(F)cc1)c1ccc(Oc2ccc3ccccc3c2-c2c(Oc3ccc(S(=O)(=O)c4ccc(F)cc4)cc3)ccc3ccccc23)cc1. The zero-order chi connectivity index (χ0) is 37.5. The van der Waals surface area contributed by atoms with Gasteiger partial charge in [-0.15, -0.1) is 0 Å². The van der Waals surface area contributed by atoms with E-state index < -0.39 is 31.3 Å². The Morgan fingerprint density at radius 1 is 0.352 bits per heavy atom. The monoisotopic (exact) mass is 754 g/mol. The normalized spacial score (nSPS) is 11.8.